The molecule has 3 aromatic rings. The van der Waals surface area contributed by atoms with Crippen molar-refractivity contribution in [2.75, 3.05) is 18.4 Å². The normalized spacial score (nSPS) is 14.5. The first kappa shape index (κ1) is 21.0. The zero-order valence-electron chi connectivity index (χ0n) is 18.0. The van der Waals surface area contributed by atoms with E-state index in [2.05, 4.69) is 39.5 Å². The first-order valence-electron chi connectivity index (χ1n) is 11.1. The predicted octanol–water partition coefficient (Wildman–Crippen LogP) is 5.28. The molecule has 1 aliphatic rings. The van der Waals surface area contributed by atoms with Gasteiger partial charge in [-0.05, 0) is 55.5 Å². The Labute approximate surface area is 182 Å². The number of unbranched alkanes of at least 4 members (excludes halogenated alkanes) is 2. The molecule has 2 aromatic heterocycles. The molecule has 0 aliphatic carbocycles. The molecule has 0 spiro atoms. The zero-order valence-corrected chi connectivity index (χ0v) is 18.0. The largest absolute Gasteiger partial charge is 0.339 e. The third kappa shape index (κ3) is 5.48. The fourth-order valence-electron chi connectivity index (χ4n) is 3.87. The van der Waals surface area contributed by atoms with Gasteiger partial charge in [0.15, 0.2) is 0 Å². The summed E-state index contributed by atoms with van der Waals surface area (Å²) < 4.78 is 5.48. The van der Waals surface area contributed by atoms with E-state index in [0.29, 0.717) is 30.5 Å². The van der Waals surface area contributed by atoms with Gasteiger partial charge in [-0.1, -0.05) is 43.1 Å². The molecule has 1 aromatic carbocycles. The van der Waals surface area contributed by atoms with Crippen molar-refractivity contribution < 1.29 is 9.32 Å². The van der Waals surface area contributed by atoms with Crippen LogP contribution in [0.3, 0.4) is 0 Å². The summed E-state index contributed by atoms with van der Waals surface area (Å²) in [5.74, 6) is 1.30. The molecule has 3 heterocycles. The van der Waals surface area contributed by atoms with Crippen molar-refractivity contribution in [2.45, 2.75) is 51.4 Å². The first-order chi connectivity index (χ1) is 15.2. The van der Waals surface area contributed by atoms with E-state index in [1.165, 1.54) is 24.8 Å². The average Bonchev–Trinajstić information content (AvgIpc) is 3.31. The highest BCUT2D eigenvalue weighted by molar-refractivity contribution is 5.89. The Morgan fingerprint density at radius 2 is 1.94 bits per heavy atom. The molecular weight excluding hydrogens is 390 g/mol. The summed E-state index contributed by atoms with van der Waals surface area (Å²) in [4.78, 5) is 23.3. The fourth-order valence-corrected chi connectivity index (χ4v) is 3.87. The van der Waals surface area contributed by atoms with Crippen LogP contribution in [0.15, 0.2) is 53.2 Å². The van der Waals surface area contributed by atoms with Crippen LogP contribution in [0, 0.1) is 0 Å². The zero-order chi connectivity index (χ0) is 21.5. The van der Waals surface area contributed by atoms with Gasteiger partial charge in [-0.15, -0.1) is 0 Å². The number of aryl methyl sites for hydroxylation is 1. The fraction of sp³-hybridized carbons (Fsp3) is 0.417. The molecule has 31 heavy (non-hydrogen) atoms. The monoisotopic (exact) mass is 419 g/mol. The number of carbonyl (C=O) groups is 1. The highest BCUT2D eigenvalue weighted by atomic mass is 16.5. The lowest BCUT2D eigenvalue weighted by Gasteiger charge is -2.30. The van der Waals surface area contributed by atoms with Crippen LogP contribution in [0.5, 0.6) is 0 Å². The van der Waals surface area contributed by atoms with Gasteiger partial charge in [-0.2, -0.15) is 4.98 Å². The maximum atomic E-state index is 12.7. The summed E-state index contributed by atoms with van der Waals surface area (Å²) in [6, 6.07) is 13.7. The van der Waals surface area contributed by atoms with Crippen molar-refractivity contribution in [2.24, 2.45) is 0 Å². The number of hydrogen-bond acceptors (Lipinski definition) is 5. The van der Waals surface area contributed by atoms with Crippen LogP contribution in [-0.4, -0.2) is 39.1 Å². The van der Waals surface area contributed by atoms with Crippen LogP contribution in [0.25, 0.3) is 11.5 Å². The third-order valence-corrected chi connectivity index (χ3v) is 5.74. The molecule has 0 saturated carbocycles. The number of pyridine rings is 1. The minimum absolute atomic E-state index is 0.0584. The number of aromatic nitrogens is 3. The lowest BCUT2D eigenvalue weighted by Crippen LogP contribution is -2.40. The number of nitrogens with zero attached hydrogens (tertiary/aromatic N) is 4. The number of urea groups is 1. The van der Waals surface area contributed by atoms with E-state index in [1.807, 2.05) is 35.2 Å². The van der Waals surface area contributed by atoms with Crippen LogP contribution in [-0.2, 0) is 6.42 Å². The molecule has 1 fully saturated rings. The van der Waals surface area contributed by atoms with Gasteiger partial charge in [0.25, 0.3) is 0 Å². The Balaban J connectivity index is 1.27. The lowest BCUT2D eigenvalue weighted by atomic mass is 9.97. The Hall–Kier alpha value is -3.22. The van der Waals surface area contributed by atoms with Crippen molar-refractivity contribution in [3.8, 4) is 11.5 Å². The second-order valence-electron chi connectivity index (χ2n) is 8.02. The second kappa shape index (κ2) is 10.2. The topological polar surface area (TPSA) is 84.2 Å². The van der Waals surface area contributed by atoms with Crippen molar-refractivity contribution in [3.63, 3.8) is 0 Å². The van der Waals surface area contributed by atoms with Gasteiger partial charge >= 0.3 is 6.03 Å². The molecule has 0 atom stereocenters. The first-order valence-corrected chi connectivity index (χ1v) is 11.1. The van der Waals surface area contributed by atoms with E-state index in [4.69, 9.17) is 4.52 Å². The van der Waals surface area contributed by atoms with Crippen LogP contribution >= 0.6 is 0 Å². The molecular formula is C24H29N5O2. The minimum Gasteiger partial charge on any atom is -0.339 e. The Bertz CT molecular complexity index is 963. The van der Waals surface area contributed by atoms with Crippen molar-refractivity contribution >= 4 is 11.7 Å². The Morgan fingerprint density at radius 3 is 2.65 bits per heavy atom. The summed E-state index contributed by atoms with van der Waals surface area (Å²) in [7, 11) is 0. The number of hydrogen-bond donors (Lipinski definition) is 1. The van der Waals surface area contributed by atoms with Crippen LogP contribution < -0.4 is 5.32 Å². The standard InChI is InChI=1S/C24H29N5O2/c1-2-3-4-7-18-9-11-20(12-10-18)26-24(30)29-16-13-19(14-17-29)23-27-22(28-31-23)21-8-5-6-15-25-21/h5-6,8-12,15,19H,2-4,7,13-14,16-17H2,1H3,(H,26,30). The van der Waals surface area contributed by atoms with Crippen molar-refractivity contribution in [1.82, 2.24) is 20.0 Å². The minimum atomic E-state index is -0.0584. The second-order valence-corrected chi connectivity index (χ2v) is 8.02. The SMILES string of the molecule is CCCCCc1ccc(NC(=O)N2CCC(c3nc(-c4ccccn4)no3)CC2)cc1. The smallest absolute Gasteiger partial charge is 0.321 e. The van der Waals surface area contributed by atoms with Crippen molar-refractivity contribution in [1.29, 1.82) is 0 Å². The molecule has 0 bridgehead atoms. The molecule has 0 unspecified atom stereocenters. The van der Waals surface area contributed by atoms with E-state index in [9.17, 15) is 4.79 Å². The summed E-state index contributed by atoms with van der Waals surface area (Å²) in [5.41, 5.74) is 2.85. The molecule has 1 aliphatic heterocycles. The van der Waals surface area contributed by atoms with E-state index < -0.39 is 0 Å². The van der Waals surface area contributed by atoms with Gasteiger partial charge in [0.1, 0.15) is 5.69 Å². The molecule has 7 nitrogen and oxygen atoms in total. The van der Waals surface area contributed by atoms with Crippen LogP contribution in [0.2, 0.25) is 0 Å². The van der Waals surface area contributed by atoms with Gasteiger partial charge in [0, 0.05) is 30.9 Å². The highest BCUT2D eigenvalue weighted by Gasteiger charge is 2.27. The van der Waals surface area contributed by atoms with E-state index in [-0.39, 0.29) is 11.9 Å². The molecule has 2 amide bonds. The van der Waals surface area contributed by atoms with Gasteiger partial charge in [-0.25, -0.2) is 4.79 Å². The quantitative estimate of drug-likeness (QED) is 0.527. The summed E-state index contributed by atoms with van der Waals surface area (Å²) in [6.07, 6.45) is 8.09. The molecule has 4 rings (SSSR count). The molecule has 1 saturated heterocycles. The number of amides is 2. The van der Waals surface area contributed by atoms with Gasteiger partial charge in [0.2, 0.25) is 11.7 Å². The van der Waals surface area contributed by atoms with Crippen LogP contribution in [0.1, 0.15) is 56.4 Å². The van der Waals surface area contributed by atoms with Gasteiger partial charge in [-0.3, -0.25) is 4.98 Å². The lowest BCUT2D eigenvalue weighted by molar-refractivity contribution is 0.187. The summed E-state index contributed by atoms with van der Waals surface area (Å²) in [5, 5.41) is 7.07. The average molecular weight is 420 g/mol. The van der Waals surface area contributed by atoms with Crippen molar-refractivity contribution in [3.05, 3.63) is 60.1 Å². The number of rotatable bonds is 7. The van der Waals surface area contributed by atoms with Crippen LogP contribution in [0.4, 0.5) is 10.5 Å². The number of benzene rings is 1. The molecule has 0 radical (unpaired) electrons. The number of anilines is 1. The number of carbonyl (C=O) groups excluding carboxylic acids is 1. The third-order valence-electron chi connectivity index (χ3n) is 5.74. The predicted molar refractivity (Wildman–Crippen MR) is 120 cm³/mol. The Morgan fingerprint density at radius 1 is 1.13 bits per heavy atom. The summed E-state index contributed by atoms with van der Waals surface area (Å²) >= 11 is 0. The maximum absolute atomic E-state index is 12.7. The summed E-state index contributed by atoms with van der Waals surface area (Å²) in [6.45, 7) is 3.53. The number of likely N-dealkylation sites (tertiary alicyclic amines) is 1. The molecule has 7 heteroatoms. The number of piperidine rings is 1. The highest BCUT2D eigenvalue weighted by Crippen LogP contribution is 2.28. The Kier molecular flexibility index (Phi) is 6.92. The van der Waals surface area contributed by atoms with Gasteiger partial charge < -0.3 is 14.7 Å². The molecule has 1 N–H and O–H groups in total. The van der Waals surface area contributed by atoms with E-state index in [1.54, 1.807) is 6.20 Å². The van der Waals surface area contributed by atoms with E-state index >= 15 is 0 Å². The maximum Gasteiger partial charge on any atom is 0.321 e. The van der Waals surface area contributed by atoms with Gasteiger partial charge in [0.05, 0.1) is 0 Å². The van der Waals surface area contributed by atoms with E-state index in [0.717, 1.165) is 24.9 Å². The number of nitrogens with one attached hydrogen (secondary N) is 1. The molecule has 162 valence electrons.